The second-order valence-corrected chi connectivity index (χ2v) is 5.60. The van der Waals surface area contributed by atoms with Crippen molar-refractivity contribution in [1.29, 1.82) is 0 Å². The van der Waals surface area contributed by atoms with Crippen LogP contribution in [-0.2, 0) is 0 Å². The molecule has 1 aliphatic rings. The molecule has 0 spiro atoms. The Labute approximate surface area is 100 Å². The Morgan fingerprint density at radius 2 is 2.12 bits per heavy atom. The molecule has 0 N–H and O–H groups in total. The molecule has 0 atom stereocenters. The van der Waals surface area contributed by atoms with Gasteiger partial charge in [-0.2, -0.15) is 0 Å². The molecule has 82 valence electrons. The number of pyridine rings is 1. The number of para-hydroxylation sites is 1. The van der Waals surface area contributed by atoms with E-state index < -0.39 is 0 Å². The third-order valence-electron chi connectivity index (χ3n) is 2.98. The van der Waals surface area contributed by atoms with Gasteiger partial charge in [0.25, 0.3) is 0 Å². The zero-order valence-corrected chi connectivity index (χ0v) is 10.3. The van der Waals surface area contributed by atoms with Crippen LogP contribution < -0.4 is 0 Å². The lowest BCUT2D eigenvalue weighted by Gasteiger charge is -2.06. The number of hydrogen-bond donors (Lipinski definition) is 0. The molecule has 0 unspecified atom stereocenters. The normalized spacial score (nSPS) is 15.6. The molecule has 0 bridgehead atoms. The van der Waals surface area contributed by atoms with E-state index in [4.69, 9.17) is 0 Å². The molecule has 1 heterocycles. The average molecular weight is 229 g/mol. The maximum absolute atomic E-state index is 4.57. The number of benzene rings is 1. The lowest BCUT2D eigenvalue weighted by Crippen LogP contribution is -1.88. The fourth-order valence-electron chi connectivity index (χ4n) is 1.88. The topological polar surface area (TPSA) is 12.9 Å². The number of nitrogens with zero attached hydrogens (tertiary/aromatic N) is 1. The van der Waals surface area contributed by atoms with Gasteiger partial charge in [0.1, 0.15) is 0 Å². The van der Waals surface area contributed by atoms with Gasteiger partial charge in [-0.3, -0.25) is 4.98 Å². The Kier molecular flexibility index (Phi) is 2.60. The highest BCUT2D eigenvalue weighted by molar-refractivity contribution is 7.99. The van der Waals surface area contributed by atoms with Crippen molar-refractivity contribution in [2.24, 2.45) is 5.92 Å². The van der Waals surface area contributed by atoms with Crippen LogP contribution in [0.3, 0.4) is 0 Å². The van der Waals surface area contributed by atoms with Gasteiger partial charge < -0.3 is 0 Å². The van der Waals surface area contributed by atoms with Crippen molar-refractivity contribution in [3.63, 3.8) is 0 Å². The highest BCUT2D eigenvalue weighted by atomic mass is 32.2. The van der Waals surface area contributed by atoms with Crippen molar-refractivity contribution in [2.75, 3.05) is 5.75 Å². The van der Waals surface area contributed by atoms with Crippen molar-refractivity contribution in [1.82, 2.24) is 4.98 Å². The summed E-state index contributed by atoms with van der Waals surface area (Å²) in [4.78, 5) is 5.96. The Hall–Kier alpha value is -1.02. The van der Waals surface area contributed by atoms with Crippen LogP contribution in [-0.4, -0.2) is 10.7 Å². The first-order valence-corrected chi connectivity index (χ1v) is 6.81. The third-order valence-corrected chi connectivity index (χ3v) is 4.26. The molecule has 1 aromatic heterocycles. The summed E-state index contributed by atoms with van der Waals surface area (Å²) in [6.45, 7) is 2.08. The van der Waals surface area contributed by atoms with E-state index in [0.29, 0.717) is 0 Å². The molecular formula is C14H15NS. The first-order chi connectivity index (χ1) is 7.83. The van der Waals surface area contributed by atoms with Crippen LogP contribution in [0.1, 0.15) is 18.5 Å². The van der Waals surface area contributed by atoms with Gasteiger partial charge in [-0.25, -0.2) is 0 Å². The van der Waals surface area contributed by atoms with Crippen LogP contribution in [0.25, 0.3) is 10.9 Å². The second kappa shape index (κ2) is 4.10. The molecule has 1 saturated carbocycles. The van der Waals surface area contributed by atoms with Crippen LogP contribution in [0, 0.1) is 12.8 Å². The minimum atomic E-state index is 0.970. The van der Waals surface area contributed by atoms with Gasteiger partial charge >= 0.3 is 0 Å². The van der Waals surface area contributed by atoms with E-state index in [1.807, 2.05) is 11.8 Å². The van der Waals surface area contributed by atoms with Gasteiger partial charge in [-0.1, -0.05) is 18.2 Å². The predicted octanol–water partition coefficient (Wildman–Crippen LogP) is 4.05. The summed E-state index contributed by atoms with van der Waals surface area (Å²) in [6, 6.07) is 10.7. The van der Waals surface area contributed by atoms with Crippen LogP contribution >= 0.6 is 11.8 Å². The molecule has 2 heteroatoms. The summed E-state index contributed by atoms with van der Waals surface area (Å²) in [5, 5.41) is 1.30. The maximum Gasteiger partial charge on any atom is 0.0716 e. The zero-order valence-electron chi connectivity index (χ0n) is 9.44. The van der Waals surface area contributed by atoms with Crippen molar-refractivity contribution in [3.8, 4) is 0 Å². The van der Waals surface area contributed by atoms with E-state index in [1.54, 1.807) is 0 Å². The highest BCUT2D eigenvalue weighted by Gasteiger charge is 2.21. The molecule has 0 saturated heterocycles. The number of aromatic nitrogens is 1. The number of rotatable bonds is 3. The number of hydrogen-bond acceptors (Lipinski definition) is 2. The van der Waals surface area contributed by atoms with Crippen molar-refractivity contribution in [2.45, 2.75) is 24.7 Å². The molecule has 3 rings (SSSR count). The van der Waals surface area contributed by atoms with E-state index in [1.165, 1.54) is 28.9 Å². The zero-order chi connectivity index (χ0) is 11.0. The molecule has 16 heavy (non-hydrogen) atoms. The highest BCUT2D eigenvalue weighted by Crippen LogP contribution is 2.37. The van der Waals surface area contributed by atoms with E-state index >= 15 is 0 Å². The Morgan fingerprint density at radius 1 is 1.31 bits per heavy atom. The van der Waals surface area contributed by atoms with Crippen molar-refractivity contribution >= 4 is 22.7 Å². The predicted molar refractivity (Wildman–Crippen MR) is 69.9 cm³/mol. The molecule has 0 aliphatic heterocycles. The lowest BCUT2D eigenvalue weighted by molar-refractivity contribution is 1.000. The van der Waals surface area contributed by atoms with Gasteiger partial charge in [0.05, 0.1) is 5.52 Å². The molecule has 1 aliphatic carbocycles. The van der Waals surface area contributed by atoms with E-state index in [2.05, 4.69) is 42.2 Å². The SMILES string of the molecule is Cc1cc(SCC2CC2)c2ccccc2n1. The molecule has 2 aromatic rings. The Morgan fingerprint density at radius 3 is 2.94 bits per heavy atom. The third kappa shape index (κ3) is 2.07. The van der Waals surface area contributed by atoms with E-state index in [0.717, 1.165) is 17.1 Å². The minimum Gasteiger partial charge on any atom is -0.253 e. The summed E-state index contributed by atoms with van der Waals surface area (Å²) >= 11 is 1.99. The summed E-state index contributed by atoms with van der Waals surface area (Å²) in [5.41, 5.74) is 2.25. The smallest absolute Gasteiger partial charge is 0.0716 e. The summed E-state index contributed by atoms with van der Waals surface area (Å²) in [7, 11) is 0. The Bertz CT molecular complexity index is 517. The fourth-order valence-corrected chi connectivity index (χ4v) is 3.21. The van der Waals surface area contributed by atoms with E-state index in [9.17, 15) is 0 Å². The average Bonchev–Trinajstić information content (AvgIpc) is 3.09. The number of fused-ring (bicyclic) bond motifs is 1. The monoisotopic (exact) mass is 229 g/mol. The summed E-state index contributed by atoms with van der Waals surface area (Å²) in [5.74, 6) is 2.24. The van der Waals surface area contributed by atoms with Gasteiger partial charge in [0.2, 0.25) is 0 Å². The number of thioether (sulfide) groups is 1. The van der Waals surface area contributed by atoms with Gasteiger partial charge in [0, 0.05) is 21.7 Å². The van der Waals surface area contributed by atoms with Gasteiger partial charge in [-0.05, 0) is 37.8 Å². The second-order valence-electron chi connectivity index (χ2n) is 4.53. The lowest BCUT2D eigenvalue weighted by atomic mass is 10.2. The van der Waals surface area contributed by atoms with E-state index in [-0.39, 0.29) is 0 Å². The summed E-state index contributed by atoms with van der Waals surface area (Å²) < 4.78 is 0. The Balaban J connectivity index is 1.99. The minimum absolute atomic E-state index is 0.970. The largest absolute Gasteiger partial charge is 0.253 e. The fraction of sp³-hybridized carbons (Fsp3) is 0.357. The van der Waals surface area contributed by atoms with Crippen LogP contribution in [0.4, 0.5) is 0 Å². The quantitative estimate of drug-likeness (QED) is 0.737. The molecular weight excluding hydrogens is 214 g/mol. The first kappa shape index (κ1) is 10.2. The van der Waals surface area contributed by atoms with Gasteiger partial charge in [0.15, 0.2) is 0 Å². The number of aryl methyl sites for hydroxylation is 1. The molecule has 0 amide bonds. The van der Waals surface area contributed by atoms with Gasteiger partial charge in [-0.15, -0.1) is 11.8 Å². The first-order valence-electron chi connectivity index (χ1n) is 5.82. The van der Waals surface area contributed by atoms with Crippen LogP contribution in [0.2, 0.25) is 0 Å². The molecule has 1 nitrogen and oxygen atoms in total. The summed E-state index contributed by atoms with van der Waals surface area (Å²) in [6.07, 6.45) is 2.85. The molecule has 0 radical (unpaired) electrons. The van der Waals surface area contributed by atoms with Crippen molar-refractivity contribution < 1.29 is 0 Å². The molecule has 1 aromatic carbocycles. The maximum atomic E-state index is 4.57. The standard InChI is InChI=1S/C14H15NS/c1-10-8-14(16-9-11-6-7-11)12-4-2-3-5-13(12)15-10/h2-5,8,11H,6-7,9H2,1H3. The molecule has 1 fully saturated rings. The van der Waals surface area contributed by atoms with Crippen LogP contribution in [0.15, 0.2) is 35.2 Å². The van der Waals surface area contributed by atoms with Crippen LogP contribution in [0.5, 0.6) is 0 Å². The van der Waals surface area contributed by atoms with Crippen molar-refractivity contribution in [3.05, 3.63) is 36.0 Å².